The van der Waals surface area contributed by atoms with Gasteiger partial charge in [0.1, 0.15) is 6.67 Å². The van der Waals surface area contributed by atoms with Crippen LogP contribution in [0.25, 0.3) is 0 Å². The van der Waals surface area contributed by atoms with Gasteiger partial charge in [-0.2, -0.15) is 0 Å². The Morgan fingerprint density at radius 2 is 1.80 bits per heavy atom. The van der Waals surface area contributed by atoms with Crippen LogP contribution in [0.3, 0.4) is 0 Å². The minimum atomic E-state index is -3.48. The largest absolute Gasteiger partial charge is 0.396 e. The van der Waals surface area contributed by atoms with E-state index in [4.69, 9.17) is 5.11 Å². The molecule has 0 heterocycles. The van der Waals surface area contributed by atoms with Gasteiger partial charge in [-0.25, -0.2) is 12.8 Å². The molecule has 0 aromatic heterocycles. The van der Waals surface area contributed by atoms with Crippen molar-refractivity contribution in [2.75, 3.05) is 19.0 Å². The van der Waals surface area contributed by atoms with Gasteiger partial charge in [0.2, 0.25) is 0 Å². The monoisotopic (exact) mass is 232 g/mol. The number of alkyl halides is 1. The summed E-state index contributed by atoms with van der Waals surface area (Å²) in [6.07, 6.45) is 0.490. The van der Waals surface area contributed by atoms with Gasteiger partial charge in [0.15, 0.2) is 9.84 Å². The van der Waals surface area contributed by atoms with Gasteiger partial charge in [-0.05, 0) is 24.1 Å². The van der Waals surface area contributed by atoms with Gasteiger partial charge < -0.3 is 5.11 Å². The lowest BCUT2D eigenvalue weighted by molar-refractivity contribution is 0.299. The fraction of sp³-hybridized carbons (Fsp3) is 0.400. The van der Waals surface area contributed by atoms with Gasteiger partial charge in [0, 0.05) is 6.61 Å². The zero-order valence-electron chi connectivity index (χ0n) is 8.19. The predicted molar refractivity (Wildman–Crippen MR) is 55.3 cm³/mol. The van der Waals surface area contributed by atoms with Crippen molar-refractivity contribution in [3.05, 3.63) is 29.8 Å². The zero-order valence-corrected chi connectivity index (χ0v) is 9.00. The Balaban J connectivity index is 2.89. The van der Waals surface area contributed by atoms with E-state index in [-0.39, 0.29) is 11.5 Å². The molecule has 0 aliphatic carbocycles. The van der Waals surface area contributed by atoms with Crippen LogP contribution in [0.1, 0.15) is 5.56 Å². The van der Waals surface area contributed by atoms with Gasteiger partial charge in [-0.1, -0.05) is 12.1 Å². The maximum Gasteiger partial charge on any atom is 0.180 e. The van der Waals surface area contributed by atoms with Crippen molar-refractivity contribution in [1.29, 1.82) is 0 Å². The van der Waals surface area contributed by atoms with Gasteiger partial charge >= 0.3 is 0 Å². The third-order valence-electron chi connectivity index (χ3n) is 2.03. The first-order valence-electron chi connectivity index (χ1n) is 4.58. The number of halogens is 1. The molecule has 0 spiro atoms. The van der Waals surface area contributed by atoms with Crippen molar-refractivity contribution in [2.24, 2.45) is 0 Å². The molecule has 0 radical (unpaired) electrons. The Kier molecular flexibility index (Phi) is 4.23. The lowest BCUT2D eigenvalue weighted by Crippen LogP contribution is -2.08. The number of aliphatic hydroxyl groups is 1. The van der Waals surface area contributed by atoms with E-state index in [2.05, 4.69) is 0 Å². The Labute approximate surface area is 88.5 Å². The summed E-state index contributed by atoms with van der Waals surface area (Å²) < 4.78 is 34.8. The summed E-state index contributed by atoms with van der Waals surface area (Å²) in [7, 11) is -3.48. The molecule has 0 fully saturated rings. The molecule has 0 saturated carbocycles. The minimum Gasteiger partial charge on any atom is -0.396 e. The third kappa shape index (κ3) is 3.28. The van der Waals surface area contributed by atoms with E-state index in [0.717, 1.165) is 5.56 Å². The highest BCUT2D eigenvalue weighted by atomic mass is 32.2. The average molecular weight is 232 g/mol. The van der Waals surface area contributed by atoms with E-state index in [1.54, 1.807) is 12.1 Å². The molecule has 1 aromatic carbocycles. The van der Waals surface area contributed by atoms with E-state index < -0.39 is 22.3 Å². The zero-order chi connectivity index (χ0) is 11.3. The van der Waals surface area contributed by atoms with Crippen LogP contribution in [0.5, 0.6) is 0 Å². The second-order valence-electron chi connectivity index (χ2n) is 3.13. The topological polar surface area (TPSA) is 54.4 Å². The second-order valence-corrected chi connectivity index (χ2v) is 5.23. The fourth-order valence-electron chi connectivity index (χ4n) is 1.21. The SMILES string of the molecule is O=S(=O)(CCF)c1ccc(CCO)cc1. The molecule has 84 valence electrons. The quantitative estimate of drug-likeness (QED) is 0.822. The maximum atomic E-state index is 12.0. The van der Waals surface area contributed by atoms with Crippen LogP contribution in [-0.2, 0) is 16.3 Å². The predicted octanol–water partition coefficient (Wildman–Crippen LogP) is 0.965. The Morgan fingerprint density at radius 1 is 1.20 bits per heavy atom. The summed E-state index contributed by atoms with van der Waals surface area (Å²) in [5.41, 5.74) is 0.858. The van der Waals surface area contributed by atoms with E-state index in [0.29, 0.717) is 6.42 Å². The van der Waals surface area contributed by atoms with E-state index in [1.807, 2.05) is 0 Å². The number of hydrogen-bond donors (Lipinski definition) is 1. The molecular weight excluding hydrogens is 219 g/mol. The minimum absolute atomic E-state index is 0.0244. The van der Waals surface area contributed by atoms with E-state index in [1.165, 1.54) is 12.1 Å². The van der Waals surface area contributed by atoms with Crippen molar-refractivity contribution in [3.8, 4) is 0 Å². The van der Waals surface area contributed by atoms with Crippen molar-refractivity contribution in [1.82, 2.24) is 0 Å². The summed E-state index contributed by atoms with van der Waals surface area (Å²) in [5.74, 6) is -0.480. The molecule has 15 heavy (non-hydrogen) atoms. The third-order valence-corrected chi connectivity index (χ3v) is 3.71. The van der Waals surface area contributed by atoms with Gasteiger partial charge in [-0.15, -0.1) is 0 Å². The highest BCUT2D eigenvalue weighted by Crippen LogP contribution is 2.12. The van der Waals surface area contributed by atoms with Crippen LogP contribution in [0.4, 0.5) is 4.39 Å². The lowest BCUT2D eigenvalue weighted by atomic mass is 10.2. The normalized spacial score (nSPS) is 11.6. The summed E-state index contributed by atoms with van der Waals surface area (Å²) >= 11 is 0. The number of benzene rings is 1. The van der Waals surface area contributed by atoms with Crippen LogP contribution in [0, 0.1) is 0 Å². The molecule has 0 aliphatic heterocycles. The molecule has 0 amide bonds. The summed E-state index contributed by atoms with van der Waals surface area (Å²) in [4.78, 5) is 0.127. The summed E-state index contributed by atoms with van der Waals surface area (Å²) in [5, 5.41) is 8.67. The molecular formula is C10H13FO3S. The Bertz CT molecular complexity index is 397. The molecule has 0 saturated heterocycles. The van der Waals surface area contributed by atoms with Gasteiger partial charge in [-0.3, -0.25) is 0 Å². The smallest absolute Gasteiger partial charge is 0.180 e. The van der Waals surface area contributed by atoms with E-state index >= 15 is 0 Å². The lowest BCUT2D eigenvalue weighted by Gasteiger charge is -2.03. The van der Waals surface area contributed by atoms with Crippen molar-refractivity contribution in [2.45, 2.75) is 11.3 Å². The van der Waals surface area contributed by atoms with Crippen LogP contribution < -0.4 is 0 Å². The summed E-state index contributed by atoms with van der Waals surface area (Å²) in [6.45, 7) is -0.850. The Hall–Kier alpha value is -0.940. The first-order chi connectivity index (χ1) is 7.10. The van der Waals surface area contributed by atoms with Crippen LogP contribution >= 0.6 is 0 Å². The van der Waals surface area contributed by atoms with Crippen LogP contribution in [0.15, 0.2) is 29.2 Å². The van der Waals surface area contributed by atoms with Crippen molar-refractivity contribution < 1.29 is 17.9 Å². The summed E-state index contributed by atoms with van der Waals surface area (Å²) in [6, 6.07) is 6.13. The number of rotatable bonds is 5. The first kappa shape index (κ1) is 12.1. The Morgan fingerprint density at radius 3 is 2.27 bits per heavy atom. The highest BCUT2D eigenvalue weighted by molar-refractivity contribution is 7.91. The molecule has 5 heteroatoms. The second kappa shape index (κ2) is 5.23. The maximum absolute atomic E-state index is 12.0. The van der Waals surface area contributed by atoms with E-state index in [9.17, 15) is 12.8 Å². The van der Waals surface area contributed by atoms with Crippen molar-refractivity contribution in [3.63, 3.8) is 0 Å². The average Bonchev–Trinajstić information content (AvgIpc) is 2.19. The van der Waals surface area contributed by atoms with Crippen molar-refractivity contribution >= 4 is 9.84 Å². The van der Waals surface area contributed by atoms with Gasteiger partial charge in [0.05, 0.1) is 10.6 Å². The number of aliphatic hydroxyl groups excluding tert-OH is 1. The standard InChI is InChI=1S/C10H13FO3S/c11-6-8-15(13,14)10-3-1-9(2-4-10)5-7-12/h1-4,12H,5-8H2. The molecule has 0 aliphatic rings. The molecule has 1 N–H and O–H groups in total. The molecule has 3 nitrogen and oxygen atoms in total. The molecule has 0 unspecified atom stereocenters. The molecule has 1 rings (SSSR count). The van der Waals surface area contributed by atoms with Crippen LogP contribution in [0.2, 0.25) is 0 Å². The molecule has 1 aromatic rings. The molecule has 0 bridgehead atoms. The number of hydrogen-bond acceptors (Lipinski definition) is 3. The molecule has 0 atom stereocenters. The number of sulfone groups is 1. The first-order valence-corrected chi connectivity index (χ1v) is 6.24. The van der Waals surface area contributed by atoms with Crippen LogP contribution in [-0.4, -0.2) is 32.6 Å². The van der Waals surface area contributed by atoms with Gasteiger partial charge in [0.25, 0.3) is 0 Å². The fourth-order valence-corrected chi connectivity index (χ4v) is 2.20. The highest BCUT2D eigenvalue weighted by Gasteiger charge is 2.13.